The van der Waals surface area contributed by atoms with Crippen LogP contribution in [0.4, 0.5) is 0 Å². The van der Waals surface area contributed by atoms with Crippen LogP contribution in [0.15, 0.2) is 22.6 Å². The molecule has 3 heteroatoms. The van der Waals surface area contributed by atoms with E-state index in [0.29, 0.717) is 19.4 Å². The Balaban J connectivity index is 2.25. The molecule has 0 aliphatic rings. The Bertz CT molecular complexity index is 336. The summed E-state index contributed by atoms with van der Waals surface area (Å²) in [5.74, 6) is 1.55. The van der Waals surface area contributed by atoms with E-state index < -0.39 is 0 Å². The van der Waals surface area contributed by atoms with Crippen molar-refractivity contribution in [3.8, 4) is 0 Å². The second-order valence-corrected chi connectivity index (χ2v) is 3.19. The fourth-order valence-electron chi connectivity index (χ4n) is 1.18. The Morgan fingerprint density at radius 1 is 1.53 bits per heavy atom. The molecule has 3 nitrogen and oxygen atoms in total. The van der Waals surface area contributed by atoms with Crippen LogP contribution in [-0.4, -0.2) is 12.6 Å². The van der Waals surface area contributed by atoms with E-state index in [-0.39, 0.29) is 5.97 Å². The first-order valence-electron chi connectivity index (χ1n) is 5.11. The van der Waals surface area contributed by atoms with Crippen molar-refractivity contribution in [3.63, 3.8) is 0 Å². The molecule has 0 aromatic carbocycles. The van der Waals surface area contributed by atoms with Crippen LogP contribution in [0, 0.1) is 6.92 Å². The maximum Gasteiger partial charge on any atom is 0.306 e. The highest BCUT2D eigenvalue weighted by Crippen LogP contribution is 2.08. The third-order valence-electron chi connectivity index (χ3n) is 1.86. The number of allylic oxidation sites excluding steroid dienone is 1. The molecule has 0 saturated heterocycles. The second kappa shape index (κ2) is 6.06. The summed E-state index contributed by atoms with van der Waals surface area (Å²) >= 11 is 0. The van der Waals surface area contributed by atoms with E-state index in [9.17, 15) is 4.79 Å². The van der Waals surface area contributed by atoms with Crippen LogP contribution in [0.5, 0.6) is 0 Å². The summed E-state index contributed by atoms with van der Waals surface area (Å²) in [6, 6.07) is 3.81. The van der Waals surface area contributed by atoms with E-state index in [2.05, 4.69) is 0 Å². The van der Waals surface area contributed by atoms with E-state index in [4.69, 9.17) is 9.15 Å². The Kier molecular flexibility index (Phi) is 4.68. The first-order valence-corrected chi connectivity index (χ1v) is 5.11. The molecule has 0 bridgehead atoms. The van der Waals surface area contributed by atoms with Crippen molar-refractivity contribution < 1.29 is 13.9 Å². The van der Waals surface area contributed by atoms with Gasteiger partial charge in [0.25, 0.3) is 0 Å². The number of esters is 1. The van der Waals surface area contributed by atoms with Crippen molar-refractivity contribution in [2.45, 2.75) is 26.7 Å². The molecule has 0 unspecified atom stereocenters. The molecule has 0 spiro atoms. The van der Waals surface area contributed by atoms with Gasteiger partial charge in [-0.15, -0.1) is 0 Å². The molecular weight excluding hydrogens is 192 g/mol. The number of hydrogen-bond donors (Lipinski definition) is 0. The van der Waals surface area contributed by atoms with Crippen molar-refractivity contribution in [1.29, 1.82) is 0 Å². The third kappa shape index (κ3) is 4.49. The van der Waals surface area contributed by atoms with Gasteiger partial charge >= 0.3 is 5.97 Å². The van der Waals surface area contributed by atoms with Gasteiger partial charge in [0.15, 0.2) is 0 Å². The minimum atomic E-state index is -0.155. The van der Waals surface area contributed by atoms with Gasteiger partial charge < -0.3 is 9.15 Å². The lowest BCUT2D eigenvalue weighted by Gasteiger charge is -1.97. The van der Waals surface area contributed by atoms with E-state index in [1.807, 2.05) is 31.2 Å². The first kappa shape index (κ1) is 11.6. The van der Waals surface area contributed by atoms with Gasteiger partial charge in [0.1, 0.15) is 11.5 Å². The number of furan rings is 1. The lowest BCUT2D eigenvalue weighted by molar-refractivity contribution is -0.142. The molecule has 82 valence electrons. The fourth-order valence-corrected chi connectivity index (χ4v) is 1.18. The lowest BCUT2D eigenvalue weighted by Crippen LogP contribution is -2.02. The van der Waals surface area contributed by atoms with Crippen molar-refractivity contribution in [1.82, 2.24) is 0 Å². The Hall–Kier alpha value is -1.51. The quantitative estimate of drug-likeness (QED) is 0.698. The van der Waals surface area contributed by atoms with E-state index >= 15 is 0 Å². The Labute approximate surface area is 89.7 Å². The smallest absolute Gasteiger partial charge is 0.306 e. The van der Waals surface area contributed by atoms with Gasteiger partial charge in [0.2, 0.25) is 0 Å². The summed E-state index contributed by atoms with van der Waals surface area (Å²) in [5.41, 5.74) is 0. The van der Waals surface area contributed by atoms with E-state index in [1.54, 1.807) is 6.92 Å². The summed E-state index contributed by atoms with van der Waals surface area (Å²) in [4.78, 5) is 11.0. The van der Waals surface area contributed by atoms with Gasteiger partial charge in [-0.2, -0.15) is 0 Å². The van der Waals surface area contributed by atoms with Crippen LogP contribution in [0.2, 0.25) is 0 Å². The first-order chi connectivity index (χ1) is 7.22. The minimum Gasteiger partial charge on any atom is -0.466 e. The van der Waals surface area contributed by atoms with Crippen molar-refractivity contribution in [2.75, 3.05) is 6.61 Å². The number of rotatable bonds is 5. The molecule has 1 heterocycles. The minimum absolute atomic E-state index is 0.155. The maximum absolute atomic E-state index is 11.0. The topological polar surface area (TPSA) is 39.4 Å². The van der Waals surface area contributed by atoms with E-state index in [0.717, 1.165) is 11.5 Å². The Morgan fingerprint density at radius 3 is 2.93 bits per heavy atom. The van der Waals surface area contributed by atoms with Crippen molar-refractivity contribution >= 4 is 12.0 Å². The summed E-state index contributed by atoms with van der Waals surface area (Å²) in [6.07, 6.45) is 4.88. The van der Waals surface area contributed by atoms with Crippen LogP contribution >= 0.6 is 0 Å². The molecule has 0 aliphatic carbocycles. The average Bonchev–Trinajstić information content (AvgIpc) is 2.60. The number of aryl methyl sites for hydroxylation is 1. The highest BCUT2D eigenvalue weighted by atomic mass is 16.5. The van der Waals surface area contributed by atoms with Crippen LogP contribution in [0.3, 0.4) is 0 Å². The largest absolute Gasteiger partial charge is 0.466 e. The molecule has 1 rings (SSSR count). The lowest BCUT2D eigenvalue weighted by atomic mass is 10.3. The van der Waals surface area contributed by atoms with Crippen LogP contribution in [0.25, 0.3) is 6.08 Å². The van der Waals surface area contributed by atoms with E-state index in [1.165, 1.54) is 0 Å². The molecule has 15 heavy (non-hydrogen) atoms. The predicted molar refractivity (Wildman–Crippen MR) is 58.3 cm³/mol. The van der Waals surface area contributed by atoms with Crippen LogP contribution < -0.4 is 0 Å². The summed E-state index contributed by atoms with van der Waals surface area (Å²) in [5, 5.41) is 0. The highest BCUT2D eigenvalue weighted by Gasteiger charge is 1.98. The molecule has 0 atom stereocenters. The molecular formula is C12H16O3. The molecule has 0 radical (unpaired) electrons. The maximum atomic E-state index is 11.0. The molecule has 1 aromatic rings. The van der Waals surface area contributed by atoms with Gasteiger partial charge in [0.05, 0.1) is 6.61 Å². The van der Waals surface area contributed by atoms with Gasteiger partial charge in [-0.05, 0) is 38.5 Å². The molecule has 0 amide bonds. The highest BCUT2D eigenvalue weighted by molar-refractivity contribution is 5.69. The second-order valence-electron chi connectivity index (χ2n) is 3.19. The van der Waals surface area contributed by atoms with Crippen LogP contribution in [0.1, 0.15) is 31.3 Å². The molecule has 0 fully saturated rings. The average molecular weight is 208 g/mol. The molecule has 1 aromatic heterocycles. The monoisotopic (exact) mass is 208 g/mol. The van der Waals surface area contributed by atoms with Gasteiger partial charge in [-0.3, -0.25) is 4.79 Å². The third-order valence-corrected chi connectivity index (χ3v) is 1.86. The fraction of sp³-hybridized carbons (Fsp3) is 0.417. The number of carbonyl (C=O) groups is 1. The number of carbonyl (C=O) groups excluding carboxylic acids is 1. The molecule has 0 saturated carbocycles. The van der Waals surface area contributed by atoms with Gasteiger partial charge in [-0.25, -0.2) is 0 Å². The molecule has 0 aliphatic heterocycles. The Morgan fingerprint density at radius 2 is 2.33 bits per heavy atom. The van der Waals surface area contributed by atoms with Gasteiger partial charge in [0, 0.05) is 6.42 Å². The molecule has 0 N–H and O–H groups in total. The summed E-state index contributed by atoms with van der Waals surface area (Å²) < 4.78 is 10.1. The zero-order valence-corrected chi connectivity index (χ0v) is 9.16. The zero-order valence-electron chi connectivity index (χ0n) is 9.16. The number of ether oxygens (including phenoxy) is 1. The van der Waals surface area contributed by atoms with Crippen molar-refractivity contribution in [2.24, 2.45) is 0 Å². The SMILES string of the molecule is CCOC(=O)CCC=Cc1ccc(C)o1. The van der Waals surface area contributed by atoms with Crippen molar-refractivity contribution in [3.05, 3.63) is 29.7 Å². The summed E-state index contributed by atoms with van der Waals surface area (Å²) in [7, 11) is 0. The normalized spacial score (nSPS) is 10.8. The number of hydrogen-bond acceptors (Lipinski definition) is 3. The van der Waals surface area contributed by atoms with Crippen LogP contribution in [-0.2, 0) is 9.53 Å². The zero-order chi connectivity index (χ0) is 11.1. The summed E-state index contributed by atoms with van der Waals surface area (Å²) in [6.45, 7) is 4.15. The standard InChI is InChI=1S/C12H16O3/c1-3-14-12(13)7-5-4-6-11-9-8-10(2)15-11/h4,6,8-9H,3,5,7H2,1-2H3. The predicted octanol–water partition coefficient (Wildman–Crippen LogP) is 2.94. The van der Waals surface area contributed by atoms with Gasteiger partial charge in [-0.1, -0.05) is 6.08 Å².